The van der Waals surface area contributed by atoms with Crippen molar-refractivity contribution in [2.45, 2.75) is 13.0 Å². The highest BCUT2D eigenvalue weighted by Crippen LogP contribution is 2.23. The second-order valence-corrected chi connectivity index (χ2v) is 5.65. The molecule has 1 amide bonds. The molecule has 0 bridgehead atoms. The zero-order valence-electron chi connectivity index (χ0n) is 11.1. The Morgan fingerprint density at radius 1 is 1.43 bits per heavy atom. The van der Waals surface area contributed by atoms with Crippen LogP contribution < -0.4 is 15.8 Å². The fourth-order valence-corrected chi connectivity index (χ4v) is 2.04. The summed E-state index contributed by atoms with van der Waals surface area (Å²) in [5.74, 6) is 0.208. The van der Waals surface area contributed by atoms with Gasteiger partial charge in [-0.15, -0.1) is 0 Å². The lowest BCUT2D eigenvalue weighted by molar-refractivity contribution is -0.122. The van der Waals surface area contributed by atoms with Gasteiger partial charge in [-0.2, -0.15) is 0 Å². The molecule has 1 atom stereocenters. The number of pyridine rings is 1. The van der Waals surface area contributed by atoms with Gasteiger partial charge >= 0.3 is 0 Å². The number of carbonyl (C=O) groups excluding carboxylic acids is 1. The number of hydrogen-bond donors (Lipinski definition) is 2. The van der Waals surface area contributed by atoms with Crippen LogP contribution in [-0.2, 0) is 4.79 Å². The molecule has 0 radical (unpaired) electrons. The topological polar surface area (TPSA) is 77.2 Å². The molecule has 0 fully saturated rings. The quantitative estimate of drug-likeness (QED) is 0.808. The highest BCUT2D eigenvalue weighted by molar-refractivity contribution is 9.10. The molecule has 7 heteroatoms. The third-order valence-corrected chi connectivity index (χ3v) is 3.40. The van der Waals surface area contributed by atoms with E-state index in [1.54, 1.807) is 37.4 Å². The number of halogens is 2. The van der Waals surface area contributed by atoms with Crippen molar-refractivity contribution in [3.8, 4) is 5.75 Å². The predicted molar refractivity (Wildman–Crippen MR) is 86.5 cm³/mol. The van der Waals surface area contributed by atoms with Crippen molar-refractivity contribution in [3.05, 3.63) is 46.2 Å². The molecule has 1 heterocycles. The van der Waals surface area contributed by atoms with Crippen LogP contribution in [0.15, 0.2) is 41.1 Å². The average Bonchev–Trinajstić information content (AvgIpc) is 2.43. The van der Waals surface area contributed by atoms with E-state index in [2.05, 4.69) is 26.2 Å². The summed E-state index contributed by atoms with van der Waals surface area (Å²) in [6.45, 7) is 1.65. The summed E-state index contributed by atoms with van der Waals surface area (Å²) in [6, 6.07) is 6.62. The number of amides is 1. The molecule has 0 saturated heterocycles. The Bertz CT molecular complexity index is 666. The van der Waals surface area contributed by atoms with Crippen molar-refractivity contribution in [1.82, 2.24) is 4.98 Å². The monoisotopic (exact) mass is 369 g/mol. The van der Waals surface area contributed by atoms with Crippen LogP contribution in [0.25, 0.3) is 0 Å². The lowest BCUT2D eigenvalue weighted by Gasteiger charge is -2.15. The first-order valence-electron chi connectivity index (χ1n) is 6.09. The van der Waals surface area contributed by atoms with Crippen LogP contribution in [0.4, 0.5) is 11.4 Å². The number of ether oxygens (including phenoxy) is 1. The summed E-state index contributed by atoms with van der Waals surface area (Å²) in [4.78, 5) is 16.0. The Morgan fingerprint density at radius 2 is 2.19 bits per heavy atom. The van der Waals surface area contributed by atoms with E-state index >= 15 is 0 Å². The van der Waals surface area contributed by atoms with E-state index in [-0.39, 0.29) is 5.91 Å². The lowest BCUT2D eigenvalue weighted by Crippen LogP contribution is -2.30. The molecule has 0 saturated carbocycles. The molecule has 1 unspecified atom stereocenters. The molecular formula is C14H13BrClN3O2. The van der Waals surface area contributed by atoms with Gasteiger partial charge in [0.2, 0.25) is 0 Å². The van der Waals surface area contributed by atoms with Crippen LogP contribution in [0.5, 0.6) is 5.75 Å². The van der Waals surface area contributed by atoms with E-state index in [1.165, 1.54) is 6.20 Å². The summed E-state index contributed by atoms with van der Waals surface area (Å²) in [5, 5.41) is 3.15. The van der Waals surface area contributed by atoms with Gasteiger partial charge in [0.25, 0.3) is 5.91 Å². The second-order valence-electron chi connectivity index (χ2n) is 4.32. The number of rotatable bonds is 4. The minimum Gasteiger partial charge on any atom is -0.479 e. The van der Waals surface area contributed by atoms with Gasteiger partial charge in [0.05, 0.1) is 16.9 Å². The summed E-state index contributed by atoms with van der Waals surface area (Å²) in [5.41, 5.74) is 6.65. The van der Waals surface area contributed by atoms with Gasteiger partial charge in [0, 0.05) is 16.4 Å². The number of nitrogens with one attached hydrogen (secondary N) is 1. The molecule has 5 nitrogen and oxygen atoms in total. The Morgan fingerprint density at radius 3 is 2.86 bits per heavy atom. The molecule has 0 aliphatic rings. The Balaban J connectivity index is 2.00. The van der Waals surface area contributed by atoms with Gasteiger partial charge in [0.1, 0.15) is 5.75 Å². The minimum absolute atomic E-state index is 0.295. The first kappa shape index (κ1) is 15.6. The summed E-state index contributed by atoms with van der Waals surface area (Å²) >= 11 is 9.12. The van der Waals surface area contributed by atoms with Crippen molar-refractivity contribution < 1.29 is 9.53 Å². The van der Waals surface area contributed by atoms with E-state index in [1.807, 2.05) is 0 Å². The van der Waals surface area contributed by atoms with Gasteiger partial charge in [-0.3, -0.25) is 9.78 Å². The molecule has 110 valence electrons. The fourth-order valence-electron chi connectivity index (χ4n) is 1.58. The molecule has 0 aliphatic heterocycles. The van der Waals surface area contributed by atoms with Crippen LogP contribution in [0.2, 0.25) is 5.02 Å². The van der Waals surface area contributed by atoms with Crippen LogP contribution in [0, 0.1) is 0 Å². The third kappa shape index (κ3) is 4.34. The SMILES string of the molecule is CC(Oc1cncc(Br)c1)C(=O)Nc1ccc(Cl)c(N)c1. The second kappa shape index (κ2) is 6.78. The van der Waals surface area contributed by atoms with E-state index in [9.17, 15) is 4.79 Å². The zero-order chi connectivity index (χ0) is 15.4. The number of aromatic nitrogens is 1. The standard InChI is InChI=1S/C14H13BrClN3O2/c1-8(21-11-4-9(15)6-18-7-11)14(20)19-10-2-3-12(16)13(17)5-10/h2-8H,17H2,1H3,(H,19,20). The van der Waals surface area contributed by atoms with Gasteiger partial charge in [-0.1, -0.05) is 11.6 Å². The Labute approximate surface area is 135 Å². The maximum absolute atomic E-state index is 12.1. The van der Waals surface area contributed by atoms with Crippen molar-refractivity contribution in [1.29, 1.82) is 0 Å². The van der Waals surface area contributed by atoms with Crippen molar-refractivity contribution >= 4 is 44.8 Å². The van der Waals surface area contributed by atoms with Gasteiger partial charge < -0.3 is 15.8 Å². The Kier molecular flexibility index (Phi) is 5.03. The van der Waals surface area contributed by atoms with E-state index in [4.69, 9.17) is 22.1 Å². The molecule has 0 aliphatic carbocycles. The van der Waals surface area contributed by atoms with E-state index in [0.717, 1.165) is 4.47 Å². The van der Waals surface area contributed by atoms with Gasteiger partial charge in [-0.05, 0) is 47.1 Å². The number of nitrogens with two attached hydrogens (primary N) is 1. The third-order valence-electron chi connectivity index (χ3n) is 2.63. The molecule has 0 spiro atoms. The molecule has 2 rings (SSSR count). The number of nitrogen functional groups attached to an aromatic ring is 1. The normalized spacial score (nSPS) is 11.8. The summed E-state index contributed by atoms with van der Waals surface area (Å²) < 4.78 is 6.30. The predicted octanol–water partition coefficient (Wildman–Crippen LogP) is 3.49. The van der Waals surface area contributed by atoms with Gasteiger partial charge in [0.15, 0.2) is 6.10 Å². The number of hydrogen-bond acceptors (Lipinski definition) is 4. The minimum atomic E-state index is -0.682. The zero-order valence-corrected chi connectivity index (χ0v) is 13.5. The smallest absolute Gasteiger partial charge is 0.265 e. The maximum atomic E-state index is 12.1. The van der Waals surface area contributed by atoms with Crippen molar-refractivity contribution in [2.24, 2.45) is 0 Å². The highest BCUT2D eigenvalue weighted by atomic mass is 79.9. The van der Waals surface area contributed by atoms with Gasteiger partial charge in [-0.25, -0.2) is 0 Å². The molecule has 3 N–H and O–H groups in total. The van der Waals surface area contributed by atoms with Crippen LogP contribution in [0.3, 0.4) is 0 Å². The number of carbonyl (C=O) groups is 1. The summed E-state index contributed by atoms with van der Waals surface area (Å²) in [7, 11) is 0. The van der Waals surface area contributed by atoms with Crippen LogP contribution >= 0.6 is 27.5 Å². The largest absolute Gasteiger partial charge is 0.479 e. The maximum Gasteiger partial charge on any atom is 0.265 e. The average molecular weight is 371 g/mol. The molecule has 1 aromatic heterocycles. The first-order valence-corrected chi connectivity index (χ1v) is 7.26. The molecule has 2 aromatic rings. The van der Waals surface area contributed by atoms with Crippen LogP contribution in [0.1, 0.15) is 6.92 Å². The lowest BCUT2D eigenvalue weighted by atomic mass is 10.2. The first-order chi connectivity index (χ1) is 9.95. The van der Waals surface area contributed by atoms with Crippen molar-refractivity contribution in [2.75, 3.05) is 11.1 Å². The van der Waals surface area contributed by atoms with Crippen LogP contribution in [-0.4, -0.2) is 17.0 Å². The molecule has 1 aromatic carbocycles. The van der Waals surface area contributed by atoms with Crippen molar-refractivity contribution in [3.63, 3.8) is 0 Å². The Hall–Kier alpha value is -1.79. The number of benzene rings is 1. The summed E-state index contributed by atoms with van der Waals surface area (Å²) in [6.07, 6.45) is 2.49. The van der Waals surface area contributed by atoms with E-state index in [0.29, 0.717) is 22.1 Å². The number of nitrogens with zero attached hydrogens (tertiary/aromatic N) is 1. The molecular weight excluding hydrogens is 358 g/mol. The van der Waals surface area contributed by atoms with E-state index < -0.39 is 6.10 Å². The highest BCUT2D eigenvalue weighted by Gasteiger charge is 2.15. The fraction of sp³-hybridized carbons (Fsp3) is 0.143. The number of anilines is 2. The molecule has 21 heavy (non-hydrogen) atoms.